The minimum Gasteiger partial charge on any atom is -0.491 e. The number of sulfonamides is 1. The number of carbonyl (C=O) groups excluding carboxylic acids is 5. The molecule has 2 saturated heterocycles. The van der Waals surface area contributed by atoms with Gasteiger partial charge in [-0.2, -0.15) is 0 Å². The molecule has 9 rings (SSSR count). The van der Waals surface area contributed by atoms with E-state index in [2.05, 4.69) is 28.0 Å². The molecule has 0 unspecified atom stereocenters. The molecular formula is C46H58N6O11S. The number of alkyl carbamates (subject to hydrolysis) is 1. The third kappa shape index (κ3) is 9.11. The van der Waals surface area contributed by atoms with Crippen LogP contribution >= 0.6 is 0 Å². The molecule has 3 N–H and O–H groups in total. The molecule has 3 aliphatic heterocycles. The third-order valence-electron chi connectivity index (χ3n) is 14.2. The Labute approximate surface area is 373 Å². The van der Waals surface area contributed by atoms with E-state index >= 15 is 4.79 Å². The number of pyridine rings is 1. The van der Waals surface area contributed by atoms with Crippen molar-refractivity contribution in [3.63, 3.8) is 0 Å². The molecule has 1 aromatic carbocycles. The van der Waals surface area contributed by atoms with Crippen molar-refractivity contribution < 1.29 is 51.3 Å². The van der Waals surface area contributed by atoms with Crippen molar-refractivity contribution in [2.45, 2.75) is 125 Å². The minimum absolute atomic E-state index is 0.00294. The second-order valence-electron chi connectivity index (χ2n) is 18.4. The van der Waals surface area contributed by atoms with Gasteiger partial charge in [-0.25, -0.2) is 23.0 Å². The second kappa shape index (κ2) is 18.2. The van der Waals surface area contributed by atoms with Crippen LogP contribution in [0, 0.1) is 17.8 Å². The standard InChI is InChI=1S/C46H58N6O11S/c1-2-30-26-46(30,43(55)50-64(58,59)32-19-20-32)49-40(53)36-25-31-27-52(36)42(54)38(29-12-6-7-13-29)48-44(56)63-37-18-10-14-28(37)11-4-3-5-16-34-39(60-23-21-51-22-24-61-45(51)57)33-15-8-9-17-35(33)47-41(34)62-31/h2-3,5,8-9,15,17,28-32,36-38H,1,4,6-7,10-14,16,18-27H2,(H,48,56)(H,49,53)(H,50,55)/b5-3+/t28-,30-,31-,36+,37-,38+,46-/m1/s1. The van der Waals surface area contributed by atoms with E-state index in [1.165, 1.54) is 11.0 Å². The first-order valence-corrected chi connectivity index (χ1v) is 24.5. The van der Waals surface area contributed by atoms with Crippen LogP contribution in [0.2, 0.25) is 0 Å². The molecule has 17 nitrogen and oxygen atoms in total. The Morgan fingerprint density at radius 1 is 1.00 bits per heavy atom. The Kier molecular flexibility index (Phi) is 12.5. The van der Waals surface area contributed by atoms with Gasteiger partial charge < -0.3 is 39.4 Å². The molecule has 7 aliphatic rings. The summed E-state index contributed by atoms with van der Waals surface area (Å²) in [6.07, 6.45) is 12.2. The van der Waals surface area contributed by atoms with E-state index in [0.717, 1.165) is 50.3 Å². The summed E-state index contributed by atoms with van der Waals surface area (Å²) in [7, 11) is -3.93. The van der Waals surface area contributed by atoms with Gasteiger partial charge in [0, 0.05) is 17.7 Å². The van der Waals surface area contributed by atoms with Gasteiger partial charge in [-0.1, -0.05) is 43.2 Å². The second-order valence-corrected chi connectivity index (χ2v) is 20.4. The highest BCUT2D eigenvalue weighted by Crippen LogP contribution is 2.46. The van der Waals surface area contributed by atoms with Crippen molar-refractivity contribution in [3.8, 4) is 11.6 Å². The number of nitrogens with one attached hydrogen (secondary N) is 3. The molecule has 344 valence electrons. The van der Waals surface area contributed by atoms with Gasteiger partial charge in [0.1, 0.15) is 48.8 Å². The summed E-state index contributed by atoms with van der Waals surface area (Å²) >= 11 is 0. The normalized spacial score (nSPS) is 30.5. The van der Waals surface area contributed by atoms with Gasteiger partial charge >= 0.3 is 12.2 Å². The van der Waals surface area contributed by atoms with Crippen LogP contribution in [0.3, 0.4) is 0 Å². The molecular weight excluding hydrogens is 845 g/mol. The number of hydrogen-bond acceptors (Lipinski definition) is 12. The Morgan fingerprint density at radius 2 is 1.80 bits per heavy atom. The fraction of sp³-hybridized carbons (Fsp3) is 0.609. The Morgan fingerprint density at radius 3 is 2.55 bits per heavy atom. The summed E-state index contributed by atoms with van der Waals surface area (Å²) in [6, 6.07) is 5.36. The van der Waals surface area contributed by atoms with E-state index in [0.29, 0.717) is 68.6 Å². The Bertz CT molecular complexity index is 2310. The van der Waals surface area contributed by atoms with Crippen molar-refractivity contribution in [1.82, 2.24) is 30.1 Å². The molecule has 5 amide bonds. The van der Waals surface area contributed by atoms with Crippen molar-refractivity contribution in [3.05, 3.63) is 54.6 Å². The van der Waals surface area contributed by atoms with Crippen LogP contribution in [0.1, 0.15) is 89.0 Å². The monoisotopic (exact) mass is 902 g/mol. The number of ether oxygens (including phenoxy) is 4. The van der Waals surface area contributed by atoms with Crippen LogP contribution in [0.5, 0.6) is 11.6 Å². The molecule has 2 bridgehead atoms. The van der Waals surface area contributed by atoms with E-state index in [-0.39, 0.29) is 49.8 Å². The predicted molar refractivity (Wildman–Crippen MR) is 233 cm³/mol. The summed E-state index contributed by atoms with van der Waals surface area (Å²) in [5, 5.41) is 5.90. The van der Waals surface area contributed by atoms with E-state index in [4.69, 9.17) is 23.9 Å². The third-order valence-corrected chi connectivity index (χ3v) is 16.0. The van der Waals surface area contributed by atoms with Crippen LogP contribution in [0.15, 0.2) is 49.1 Å². The number of allylic oxidation sites excluding steroid dienone is 2. The maximum atomic E-state index is 15.1. The predicted octanol–water partition coefficient (Wildman–Crippen LogP) is 4.43. The molecule has 7 atom stereocenters. The number of para-hydroxylation sites is 1. The van der Waals surface area contributed by atoms with E-state index < -0.39 is 74.8 Å². The van der Waals surface area contributed by atoms with Gasteiger partial charge in [-0.15, -0.1) is 6.58 Å². The highest BCUT2D eigenvalue weighted by molar-refractivity contribution is 7.91. The number of rotatable bonds is 11. The zero-order valence-corrected chi connectivity index (χ0v) is 36.9. The fourth-order valence-electron chi connectivity index (χ4n) is 10.3. The molecule has 1 aromatic heterocycles. The van der Waals surface area contributed by atoms with Gasteiger partial charge in [0.25, 0.3) is 5.91 Å². The van der Waals surface area contributed by atoms with Gasteiger partial charge in [-0.3, -0.25) is 19.1 Å². The number of carbonyl (C=O) groups is 5. The Hall–Kier alpha value is -5.39. The first kappa shape index (κ1) is 43.8. The number of fused-ring (bicyclic) bond motifs is 5. The van der Waals surface area contributed by atoms with Crippen molar-refractivity contribution in [2.24, 2.45) is 17.8 Å². The maximum Gasteiger partial charge on any atom is 0.410 e. The Balaban J connectivity index is 1.07. The lowest BCUT2D eigenvalue weighted by molar-refractivity contribution is -0.142. The first-order valence-electron chi connectivity index (χ1n) is 23.0. The van der Waals surface area contributed by atoms with Gasteiger partial charge in [-0.05, 0) is 94.6 Å². The number of aromatic nitrogens is 1. The molecule has 4 saturated carbocycles. The van der Waals surface area contributed by atoms with Crippen LogP contribution in [0.25, 0.3) is 10.9 Å². The molecule has 4 aliphatic carbocycles. The number of amides is 5. The van der Waals surface area contributed by atoms with Gasteiger partial charge in [0.05, 0.1) is 36.0 Å². The fourth-order valence-corrected chi connectivity index (χ4v) is 11.7. The summed E-state index contributed by atoms with van der Waals surface area (Å²) in [5.41, 5.74) is -0.329. The van der Waals surface area contributed by atoms with Crippen molar-refractivity contribution in [2.75, 3.05) is 32.8 Å². The highest BCUT2D eigenvalue weighted by Gasteiger charge is 2.62. The minimum atomic E-state index is -3.93. The summed E-state index contributed by atoms with van der Waals surface area (Å²) < 4.78 is 52.5. The summed E-state index contributed by atoms with van der Waals surface area (Å²) in [4.78, 5) is 77.5. The van der Waals surface area contributed by atoms with E-state index in [1.807, 2.05) is 30.3 Å². The molecule has 18 heteroatoms. The number of cyclic esters (lactones) is 1. The van der Waals surface area contributed by atoms with Crippen LogP contribution in [-0.4, -0.2) is 121 Å². The van der Waals surface area contributed by atoms with Gasteiger partial charge in [0.2, 0.25) is 27.7 Å². The average Bonchev–Trinajstić information content (AvgIpc) is 3.94. The molecule has 2 aromatic rings. The van der Waals surface area contributed by atoms with E-state index in [1.54, 1.807) is 4.90 Å². The van der Waals surface area contributed by atoms with Crippen LogP contribution in [-0.2, 0) is 40.3 Å². The topological polar surface area (TPSA) is 212 Å². The lowest BCUT2D eigenvalue weighted by atomic mass is 9.96. The smallest absolute Gasteiger partial charge is 0.410 e. The quantitative estimate of drug-likeness (QED) is 0.268. The van der Waals surface area contributed by atoms with Crippen LogP contribution in [0.4, 0.5) is 9.59 Å². The lowest BCUT2D eigenvalue weighted by Gasteiger charge is -2.32. The van der Waals surface area contributed by atoms with Crippen LogP contribution < -0.4 is 24.8 Å². The average molecular weight is 903 g/mol. The molecule has 0 radical (unpaired) electrons. The highest BCUT2D eigenvalue weighted by atomic mass is 32.2. The van der Waals surface area contributed by atoms with Gasteiger partial charge in [0.15, 0.2) is 0 Å². The number of benzene rings is 1. The molecule has 6 fully saturated rings. The van der Waals surface area contributed by atoms with Crippen molar-refractivity contribution in [1.29, 1.82) is 0 Å². The SMILES string of the molecule is C=C[C@@H]1C[C@]1(NC(=O)[C@@H]1C[C@@H]2CN1C(=O)[C@H](C1CCCC1)NC(=O)O[C@@H]1CCC[C@H]1CC/C=C/Cc1c(nc3ccccc3c1OCCN1CCOC1=O)O2)C(=O)NS(=O)(=O)C1CC1. The largest absolute Gasteiger partial charge is 0.491 e. The summed E-state index contributed by atoms with van der Waals surface area (Å²) in [6.45, 7) is 5.03. The zero-order valence-electron chi connectivity index (χ0n) is 36.0. The number of hydrogen-bond donors (Lipinski definition) is 3. The lowest BCUT2D eigenvalue weighted by Crippen LogP contribution is -2.59. The molecule has 0 spiro atoms. The molecule has 64 heavy (non-hydrogen) atoms. The number of nitrogens with zero attached hydrogens (tertiary/aromatic N) is 3. The summed E-state index contributed by atoms with van der Waals surface area (Å²) in [5.74, 6) is -1.77. The first-order chi connectivity index (χ1) is 30.9. The van der Waals surface area contributed by atoms with Crippen molar-refractivity contribution >= 4 is 50.8 Å². The van der Waals surface area contributed by atoms with E-state index in [9.17, 15) is 27.6 Å². The molecule has 4 heterocycles. The zero-order chi connectivity index (χ0) is 44.6. The maximum absolute atomic E-state index is 15.1.